The summed E-state index contributed by atoms with van der Waals surface area (Å²) in [6.45, 7) is 0. The van der Waals surface area contributed by atoms with Gasteiger partial charge in [0.2, 0.25) is 0 Å². The monoisotopic (exact) mass is 308 g/mol. The summed E-state index contributed by atoms with van der Waals surface area (Å²) in [6, 6.07) is 9.70. The number of halogens is 3. The Bertz CT molecular complexity index is 817. The van der Waals surface area contributed by atoms with E-state index in [1.54, 1.807) is 0 Å². The predicted molar refractivity (Wildman–Crippen MR) is 74.7 cm³/mol. The third kappa shape index (κ3) is 2.72. The second kappa shape index (κ2) is 4.98. The van der Waals surface area contributed by atoms with Crippen LogP contribution in [-0.2, 0) is 6.42 Å². The number of benzene rings is 2. The topological polar surface area (TPSA) is 53.6 Å². The van der Waals surface area contributed by atoms with Crippen LogP contribution in [0.3, 0.4) is 0 Å². The quantitative estimate of drug-likeness (QED) is 0.726. The zero-order valence-electron chi connectivity index (χ0n) is 11.2. The van der Waals surface area contributed by atoms with Crippen LogP contribution in [0.15, 0.2) is 46.9 Å². The molecule has 22 heavy (non-hydrogen) atoms. The molecular weight excluding hydrogens is 297 g/mol. The van der Waals surface area contributed by atoms with Gasteiger partial charge in [-0.15, -0.1) is 0 Å². The number of hydrogen-bond acceptors (Lipinski definition) is 3. The molecule has 6 heteroatoms. The van der Waals surface area contributed by atoms with Gasteiger partial charge in [-0.2, -0.15) is 13.2 Å². The molecule has 0 amide bonds. The minimum Gasteiger partial charge on any atom is -0.508 e. The summed E-state index contributed by atoms with van der Waals surface area (Å²) in [5.74, 6) is 0.00451. The molecule has 0 aliphatic rings. The van der Waals surface area contributed by atoms with Gasteiger partial charge in [-0.05, 0) is 36.4 Å². The molecule has 0 bridgehead atoms. The van der Waals surface area contributed by atoms with Crippen LogP contribution < -0.4 is 0 Å². The zero-order valence-corrected chi connectivity index (χ0v) is 11.2. The van der Waals surface area contributed by atoms with Gasteiger partial charge in [0.25, 0.3) is 0 Å². The molecule has 0 saturated carbocycles. The summed E-state index contributed by atoms with van der Waals surface area (Å²) in [6.07, 6.45) is -5.53. The average Bonchev–Trinajstić information content (AvgIpc) is 2.75. The second-order valence-corrected chi connectivity index (χ2v) is 4.93. The van der Waals surface area contributed by atoms with Crippen molar-refractivity contribution in [3.05, 3.63) is 48.0 Å². The summed E-state index contributed by atoms with van der Waals surface area (Å²) in [5, 5.41) is 19.1. The lowest BCUT2D eigenvalue weighted by atomic mass is 10.0. The van der Waals surface area contributed by atoms with Gasteiger partial charge in [0.15, 0.2) is 0 Å². The van der Waals surface area contributed by atoms with E-state index in [1.165, 1.54) is 42.5 Å². The molecule has 1 heterocycles. The lowest BCUT2D eigenvalue weighted by molar-refractivity contribution is -0.127. The highest BCUT2D eigenvalue weighted by molar-refractivity contribution is 5.89. The fraction of sp³-hybridized carbons (Fsp3) is 0.125. The molecule has 0 aliphatic carbocycles. The van der Waals surface area contributed by atoms with Crippen molar-refractivity contribution in [1.82, 2.24) is 0 Å². The molecule has 0 aliphatic heterocycles. The number of alkyl halides is 3. The van der Waals surface area contributed by atoms with E-state index in [2.05, 4.69) is 0 Å². The molecule has 0 fully saturated rings. The largest absolute Gasteiger partial charge is 0.508 e. The van der Waals surface area contributed by atoms with Crippen LogP contribution in [0.2, 0.25) is 0 Å². The Morgan fingerprint density at radius 3 is 2.18 bits per heavy atom. The van der Waals surface area contributed by atoms with Crippen molar-refractivity contribution in [2.75, 3.05) is 0 Å². The third-order valence-electron chi connectivity index (χ3n) is 3.28. The highest BCUT2D eigenvalue weighted by atomic mass is 19.4. The molecule has 2 N–H and O–H groups in total. The maximum absolute atomic E-state index is 12.9. The van der Waals surface area contributed by atoms with Crippen LogP contribution in [0.1, 0.15) is 5.56 Å². The molecule has 0 saturated heterocycles. The van der Waals surface area contributed by atoms with Crippen molar-refractivity contribution in [3.8, 4) is 22.8 Å². The number of phenolic OH excluding ortho intramolecular Hbond substituents is 2. The van der Waals surface area contributed by atoms with E-state index in [0.29, 0.717) is 10.9 Å². The fourth-order valence-corrected chi connectivity index (χ4v) is 2.36. The fourth-order valence-electron chi connectivity index (χ4n) is 2.36. The highest BCUT2D eigenvalue weighted by Gasteiger charge is 2.32. The van der Waals surface area contributed by atoms with E-state index in [1.807, 2.05) is 0 Å². The normalized spacial score (nSPS) is 12.0. The maximum Gasteiger partial charge on any atom is 0.393 e. The van der Waals surface area contributed by atoms with Gasteiger partial charge < -0.3 is 14.6 Å². The number of hydrogen-bond donors (Lipinski definition) is 2. The number of rotatable bonds is 2. The Balaban J connectivity index is 2.23. The first kappa shape index (κ1) is 14.3. The van der Waals surface area contributed by atoms with Crippen LogP contribution in [0.4, 0.5) is 13.2 Å². The average molecular weight is 308 g/mol. The van der Waals surface area contributed by atoms with E-state index in [0.717, 1.165) is 0 Å². The first-order chi connectivity index (χ1) is 10.3. The van der Waals surface area contributed by atoms with Crippen LogP contribution in [0.25, 0.3) is 22.3 Å². The van der Waals surface area contributed by atoms with Gasteiger partial charge in [0, 0.05) is 22.6 Å². The van der Waals surface area contributed by atoms with Crippen LogP contribution in [0.5, 0.6) is 11.5 Å². The summed E-state index contributed by atoms with van der Waals surface area (Å²) < 4.78 is 44.1. The molecule has 2 aromatic carbocycles. The first-order valence-corrected chi connectivity index (χ1v) is 6.44. The third-order valence-corrected chi connectivity index (χ3v) is 3.28. The second-order valence-electron chi connectivity index (χ2n) is 4.93. The van der Waals surface area contributed by atoms with E-state index >= 15 is 0 Å². The van der Waals surface area contributed by atoms with Crippen molar-refractivity contribution < 1.29 is 27.8 Å². The van der Waals surface area contributed by atoms with Crippen molar-refractivity contribution >= 4 is 11.0 Å². The Morgan fingerprint density at radius 1 is 0.909 bits per heavy atom. The molecular formula is C16H11F3O3. The Kier molecular flexibility index (Phi) is 3.24. The molecule has 114 valence electrons. The molecule has 0 atom stereocenters. The van der Waals surface area contributed by atoms with Gasteiger partial charge in [-0.3, -0.25) is 0 Å². The van der Waals surface area contributed by atoms with Crippen molar-refractivity contribution in [2.24, 2.45) is 0 Å². The van der Waals surface area contributed by atoms with Crippen LogP contribution >= 0.6 is 0 Å². The Hall–Kier alpha value is -2.63. The Morgan fingerprint density at radius 2 is 1.55 bits per heavy atom. The molecule has 0 spiro atoms. The molecule has 3 nitrogen and oxygen atoms in total. The van der Waals surface area contributed by atoms with Gasteiger partial charge in [-0.25, -0.2) is 0 Å². The summed E-state index contributed by atoms with van der Waals surface area (Å²) in [5.41, 5.74) is 0.614. The van der Waals surface area contributed by atoms with E-state index in [4.69, 9.17) is 4.42 Å². The number of aromatic hydroxyl groups is 2. The number of furan rings is 1. The van der Waals surface area contributed by atoms with Gasteiger partial charge >= 0.3 is 6.18 Å². The lowest BCUT2D eigenvalue weighted by Crippen LogP contribution is -2.11. The minimum absolute atomic E-state index is 0.00758. The standard InChI is InChI=1S/C16H11F3O3/c17-16(18,19)8-13-12-6-5-11(21)7-14(12)22-15(13)9-1-3-10(20)4-2-9/h1-7,20-21H,8H2. The number of fused-ring (bicyclic) bond motifs is 1. The number of phenols is 2. The van der Waals surface area contributed by atoms with Gasteiger partial charge in [0.1, 0.15) is 22.8 Å². The smallest absolute Gasteiger partial charge is 0.393 e. The summed E-state index contributed by atoms with van der Waals surface area (Å²) in [4.78, 5) is 0. The van der Waals surface area contributed by atoms with Crippen molar-refractivity contribution in [2.45, 2.75) is 12.6 Å². The Labute approximate surface area is 123 Å². The van der Waals surface area contributed by atoms with E-state index < -0.39 is 12.6 Å². The van der Waals surface area contributed by atoms with E-state index in [-0.39, 0.29) is 28.4 Å². The van der Waals surface area contributed by atoms with Crippen molar-refractivity contribution in [1.29, 1.82) is 0 Å². The maximum atomic E-state index is 12.9. The summed E-state index contributed by atoms with van der Waals surface area (Å²) >= 11 is 0. The molecule has 3 rings (SSSR count). The summed E-state index contributed by atoms with van der Waals surface area (Å²) in [7, 11) is 0. The van der Waals surface area contributed by atoms with Gasteiger partial charge in [-0.1, -0.05) is 0 Å². The van der Waals surface area contributed by atoms with Crippen LogP contribution in [-0.4, -0.2) is 16.4 Å². The lowest BCUT2D eigenvalue weighted by Gasteiger charge is -2.07. The van der Waals surface area contributed by atoms with E-state index in [9.17, 15) is 23.4 Å². The zero-order chi connectivity index (χ0) is 15.9. The van der Waals surface area contributed by atoms with Crippen LogP contribution in [0, 0.1) is 0 Å². The highest BCUT2D eigenvalue weighted by Crippen LogP contribution is 2.38. The molecule has 0 unspecified atom stereocenters. The van der Waals surface area contributed by atoms with Crippen molar-refractivity contribution in [3.63, 3.8) is 0 Å². The molecule has 0 radical (unpaired) electrons. The minimum atomic E-state index is -4.39. The van der Waals surface area contributed by atoms with Gasteiger partial charge in [0.05, 0.1) is 6.42 Å². The SMILES string of the molecule is Oc1ccc(-c2oc3cc(O)ccc3c2CC(F)(F)F)cc1. The molecule has 3 aromatic rings. The predicted octanol–water partition coefficient (Wildman–Crippen LogP) is 4.62. The molecule has 1 aromatic heterocycles. The first-order valence-electron chi connectivity index (χ1n) is 6.44.